The molecular weight excluding hydrogens is 486 g/mol. The lowest BCUT2D eigenvalue weighted by atomic mass is 9.71. The van der Waals surface area contributed by atoms with E-state index in [9.17, 15) is 14.4 Å². The molecule has 1 heterocycles. The second-order valence-corrected chi connectivity index (χ2v) is 9.70. The Morgan fingerprint density at radius 3 is 2.16 bits per heavy atom. The predicted molar refractivity (Wildman–Crippen MR) is 141 cm³/mol. The number of methoxy groups -OCH3 is 3. The predicted octanol–water partition coefficient (Wildman–Crippen LogP) is 4.80. The number of hydrogen-bond donors (Lipinski definition) is 1. The Kier molecular flexibility index (Phi) is 7.90. The van der Waals surface area contributed by atoms with Gasteiger partial charge in [-0.1, -0.05) is 18.2 Å². The molecule has 1 aliphatic heterocycles. The molecule has 0 saturated carbocycles. The van der Waals surface area contributed by atoms with Crippen LogP contribution in [0.2, 0.25) is 0 Å². The zero-order valence-corrected chi connectivity index (χ0v) is 22.5. The number of carbonyl (C=O) groups is 3. The van der Waals surface area contributed by atoms with Crippen molar-refractivity contribution in [1.82, 2.24) is 5.32 Å². The van der Waals surface area contributed by atoms with Crippen molar-refractivity contribution in [2.45, 2.75) is 51.6 Å². The monoisotopic (exact) mass is 519 g/mol. The van der Waals surface area contributed by atoms with Crippen molar-refractivity contribution in [2.24, 2.45) is 0 Å². The van der Waals surface area contributed by atoms with E-state index in [1.54, 1.807) is 52.3 Å². The Bertz CT molecular complexity index is 1320. The van der Waals surface area contributed by atoms with E-state index in [1.807, 2.05) is 25.1 Å². The van der Waals surface area contributed by atoms with Gasteiger partial charge in [-0.2, -0.15) is 0 Å². The maximum Gasteiger partial charge on any atom is 0.337 e. The first-order valence-electron chi connectivity index (χ1n) is 12.5. The Morgan fingerprint density at radius 1 is 0.895 bits per heavy atom. The molecule has 1 aliphatic carbocycles. The molecule has 0 fully saturated rings. The number of ether oxygens (including phenoxy) is 4. The lowest BCUT2D eigenvalue weighted by molar-refractivity contribution is -0.143. The van der Waals surface area contributed by atoms with Crippen LogP contribution >= 0.6 is 0 Å². The van der Waals surface area contributed by atoms with Crippen LogP contribution in [0.15, 0.2) is 65.0 Å². The SMILES string of the molecule is COC(=O)c1ccc([C@H]2C(C(=O)OC(C)C)=C(C)NC3=C2C(=O)C[C@H](c2ccc(OC)c(OC)c2)C3)cc1. The van der Waals surface area contributed by atoms with E-state index >= 15 is 0 Å². The molecular formula is C30H33NO7. The first-order valence-corrected chi connectivity index (χ1v) is 12.5. The van der Waals surface area contributed by atoms with Crippen molar-refractivity contribution in [2.75, 3.05) is 21.3 Å². The zero-order valence-electron chi connectivity index (χ0n) is 22.5. The standard InChI is InChI=1S/C30H33NO7/c1-16(2)38-30(34)26-17(3)31-22-13-21(20-11-12-24(35-4)25(15-20)36-5)14-23(32)28(22)27(26)18-7-9-19(10-8-18)29(33)37-6/h7-12,15-16,21,27,31H,13-14H2,1-6H3/t21-,27+/m1/s1. The van der Waals surface area contributed by atoms with Crippen LogP contribution in [0.3, 0.4) is 0 Å². The Labute approximate surface area is 222 Å². The Morgan fingerprint density at radius 2 is 1.55 bits per heavy atom. The van der Waals surface area contributed by atoms with E-state index in [1.165, 1.54) is 7.11 Å². The molecule has 0 saturated heterocycles. The summed E-state index contributed by atoms with van der Waals surface area (Å²) in [4.78, 5) is 39.0. The van der Waals surface area contributed by atoms with Gasteiger partial charge in [0.2, 0.25) is 0 Å². The fourth-order valence-corrected chi connectivity index (χ4v) is 5.19. The number of nitrogens with one attached hydrogen (secondary N) is 1. The van der Waals surface area contributed by atoms with E-state index in [2.05, 4.69) is 5.32 Å². The van der Waals surface area contributed by atoms with Gasteiger partial charge in [0.25, 0.3) is 0 Å². The second kappa shape index (κ2) is 11.1. The minimum atomic E-state index is -0.622. The van der Waals surface area contributed by atoms with Crippen molar-refractivity contribution in [3.8, 4) is 11.5 Å². The molecule has 200 valence electrons. The second-order valence-electron chi connectivity index (χ2n) is 9.70. The molecule has 8 nitrogen and oxygen atoms in total. The van der Waals surface area contributed by atoms with Crippen molar-refractivity contribution in [3.05, 3.63) is 81.7 Å². The number of hydrogen-bond acceptors (Lipinski definition) is 8. The molecule has 0 bridgehead atoms. The van der Waals surface area contributed by atoms with Gasteiger partial charge >= 0.3 is 11.9 Å². The van der Waals surface area contributed by atoms with Gasteiger partial charge in [0, 0.05) is 29.3 Å². The molecule has 2 aromatic rings. The molecule has 38 heavy (non-hydrogen) atoms. The molecule has 2 atom stereocenters. The van der Waals surface area contributed by atoms with E-state index in [0.717, 1.165) is 16.8 Å². The van der Waals surface area contributed by atoms with Gasteiger partial charge in [0.05, 0.1) is 38.6 Å². The third kappa shape index (κ3) is 5.16. The molecule has 8 heteroatoms. The highest BCUT2D eigenvalue weighted by Crippen LogP contribution is 2.46. The van der Waals surface area contributed by atoms with E-state index in [4.69, 9.17) is 18.9 Å². The van der Waals surface area contributed by atoms with Gasteiger partial charge in [-0.05, 0) is 68.5 Å². The lowest BCUT2D eigenvalue weighted by Crippen LogP contribution is -2.36. The first-order chi connectivity index (χ1) is 18.2. The van der Waals surface area contributed by atoms with Crippen molar-refractivity contribution >= 4 is 17.7 Å². The van der Waals surface area contributed by atoms with Crippen molar-refractivity contribution in [1.29, 1.82) is 0 Å². The minimum absolute atomic E-state index is 0.0528. The van der Waals surface area contributed by atoms with E-state index < -0.39 is 17.9 Å². The maximum atomic E-state index is 13.8. The van der Waals surface area contributed by atoms with Crippen LogP contribution in [0.4, 0.5) is 0 Å². The van der Waals surface area contributed by atoms with E-state index in [0.29, 0.717) is 40.3 Å². The number of Topliss-reactive ketones (excluding diaryl/α,β-unsaturated/α-hetero) is 1. The average Bonchev–Trinajstić information content (AvgIpc) is 2.90. The molecule has 0 amide bonds. The lowest BCUT2D eigenvalue weighted by Gasteiger charge is -2.37. The molecule has 2 aromatic carbocycles. The number of rotatable bonds is 7. The smallest absolute Gasteiger partial charge is 0.337 e. The molecule has 1 N–H and O–H groups in total. The van der Waals surface area contributed by atoms with Gasteiger partial charge < -0.3 is 24.3 Å². The van der Waals surface area contributed by atoms with Crippen LogP contribution in [0.5, 0.6) is 11.5 Å². The highest BCUT2D eigenvalue weighted by molar-refractivity contribution is 6.04. The summed E-state index contributed by atoms with van der Waals surface area (Å²) in [5.74, 6) is -0.462. The topological polar surface area (TPSA) is 100 Å². The fourth-order valence-electron chi connectivity index (χ4n) is 5.19. The molecule has 4 rings (SSSR count). The number of dihydropyridines is 1. The summed E-state index contributed by atoms with van der Waals surface area (Å²) in [5.41, 5.74) is 4.43. The van der Waals surface area contributed by atoms with Gasteiger partial charge in [-0.3, -0.25) is 4.79 Å². The summed E-state index contributed by atoms with van der Waals surface area (Å²) in [5, 5.41) is 3.35. The molecule has 2 aliphatic rings. The third-order valence-electron chi connectivity index (χ3n) is 6.93. The third-order valence-corrected chi connectivity index (χ3v) is 6.93. The molecule has 0 unspecified atom stereocenters. The van der Waals surface area contributed by atoms with Gasteiger partial charge in [0.15, 0.2) is 17.3 Å². The average molecular weight is 520 g/mol. The van der Waals surface area contributed by atoms with Gasteiger partial charge in [-0.25, -0.2) is 9.59 Å². The van der Waals surface area contributed by atoms with Gasteiger partial charge in [0.1, 0.15) is 0 Å². The minimum Gasteiger partial charge on any atom is -0.493 e. The maximum absolute atomic E-state index is 13.8. The Balaban J connectivity index is 1.77. The summed E-state index contributed by atoms with van der Waals surface area (Å²) in [6, 6.07) is 12.5. The summed E-state index contributed by atoms with van der Waals surface area (Å²) >= 11 is 0. The number of ketones is 1. The molecule has 0 aromatic heterocycles. The summed E-state index contributed by atoms with van der Waals surface area (Å²) in [6.45, 7) is 5.39. The fraction of sp³-hybridized carbons (Fsp3) is 0.367. The number of allylic oxidation sites excluding steroid dienone is 3. The first kappa shape index (κ1) is 27.0. The van der Waals surface area contributed by atoms with E-state index in [-0.39, 0.29) is 24.2 Å². The normalized spacial score (nSPS) is 19.1. The quantitative estimate of drug-likeness (QED) is 0.521. The molecule has 0 radical (unpaired) electrons. The van der Waals surface area contributed by atoms with Crippen LogP contribution in [-0.2, 0) is 19.1 Å². The van der Waals surface area contributed by atoms with Crippen LogP contribution < -0.4 is 14.8 Å². The number of esters is 2. The van der Waals surface area contributed by atoms with Crippen LogP contribution in [0.1, 0.15) is 66.9 Å². The number of carbonyl (C=O) groups excluding carboxylic acids is 3. The zero-order chi connectivity index (χ0) is 27.6. The summed E-state index contributed by atoms with van der Waals surface area (Å²) < 4.78 is 21.2. The van der Waals surface area contributed by atoms with Crippen LogP contribution in [0.25, 0.3) is 0 Å². The van der Waals surface area contributed by atoms with Crippen LogP contribution in [-0.4, -0.2) is 45.2 Å². The molecule has 0 spiro atoms. The highest BCUT2D eigenvalue weighted by Gasteiger charge is 2.41. The Hall–Kier alpha value is -4.07. The summed E-state index contributed by atoms with van der Waals surface area (Å²) in [7, 11) is 4.49. The van der Waals surface area contributed by atoms with Crippen molar-refractivity contribution < 1.29 is 33.3 Å². The van der Waals surface area contributed by atoms with Gasteiger partial charge in [-0.15, -0.1) is 0 Å². The largest absolute Gasteiger partial charge is 0.493 e. The highest BCUT2D eigenvalue weighted by atomic mass is 16.5. The summed E-state index contributed by atoms with van der Waals surface area (Å²) in [6.07, 6.45) is 0.534. The van der Waals surface area contributed by atoms with Crippen LogP contribution in [0, 0.1) is 0 Å². The van der Waals surface area contributed by atoms with Crippen molar-refractivity contribution in [3.63, 3.8) is 0 Å². The number of benzene rings is 2.